The minimum absolute atomic E-state index is 0.0806. The number of ether oxygens (including phenoxy) is 1. The van der Waals surface area contributed by atoms with Crippen LogP contribution in [0.25, 0.3) is 6.08 Å². The van der Waals surface area contributed by atoms with E-state index in [1.807, 2.05) is 98.5 Å². The molecule has 1 N–H and O–H groups in total. The molecule has 0 radical (unpaired) electrons. The SMILES string of the molecule is COc1ccc2c(c1)C=C[C@@H]1N2[C@H](C(=O)C(C)(C)C)[C@H](C(=O)c2ccccc2)[C@@]12C(=O)Nc1ccccc12. The molecule has 6 rings (SSSR count). The third-order valence-corrected chi connectivity index (χ3v) is 8.19. The fourth-order valence-electron chi connectivity index (χ4n) is 6.51. The van der Waals surface area contributed by atoms with Gasteiger partial charge < -0.3 is 15.0 Å². The van der Waals surface area contributed by atoms with Crippen LogP contribution in [0.1, 0.15) is 42.3 Å². The number of nitrogens with zero attached hydrogens (tertiary/aromatic N) is 1. The highest BCUT2D eigenvalue weighted by Gasteiger charge is 2.70. The zero-order chi connectivity index (χ0) is 26.8. The number of benzene rings is 3. The van der Waals surface area contributed by atoms with E-state index in [1.165, 1.54) is 0 Å². The lowest BCUT2D eigenvalue weighted by Crippen LogP contribution is -2.51. The molecule has 38 heavy (non-hydrogen) atoms. The number of methoxy groups -OCH3 is 1. The average Bonchev–Trinajstić information content (AvgIpc) is 3.40. The van der Waals surface area contributed by atoms with Gasteiger partial charge in [0, 0.05) is 27.9 Å². The van der Waals surface area contributed by atoms with Crippen molar-refractivity contribution in [3.05, 3.63) is 95.6 Å². The lowest BCUT2D eigenvalue weighted by molar-refractivity contribution is -0.128. The molecule has 192 valence electrons. The number of anilines is 2. The van der Waals surface area contributed by atoms with Crippen molar-refractivity contribution in [2.45, 2.75) is 38.3 Å². The molecule has 4 atom stereocenters. The monoisotopic (exact) mass is 506 g/mol. The van der Waals surface area contributed by atoms with Gasteiger partial charge in [-0.25, -0.2) is 0 Å². The highest BCUT2D eigenvalue weighted by Crippen LogP contribution is 2.58. The molecule has 0 bridgehead atoms. The van der Waals surface area contributed by atoms with Crippen LogP contribution >= 0.6 is 0 Å². The normalized spacial score (nSPS) is 25.0. The number of rotatable bonds is 4. The Morgan fingerprint density at radius 3 is 2.39 bits per heavy atom. The molecule has 3 heterocycles. The minimum Gasteiger partial charge on any atom is -0.497 e. The molecule has 3 aromatic carbocycles. The fourth-order valence-corrected chi connectivity index (χ4v) is 6.51. The second-order valence-electron chi connectivity index (χ2n) is 11.3. The van der Waals surface area contributed by atoms with Gasteiger partial charge in [0.25, 0.3) is 0 Å². The molecule has 1 amide bonds. The van der Waals surface area contributed by atoms with Crippen molar-refractivity contribution in [1.29, 1.82) is 0 Å². The number of hydrogen-bond acceptors (Lipinski definition) is 5. The highest BCUT2D eigenvalue weighted by molar-refractivity contribution is 6.17. The summed E-state index contributed by atoms with van der Waals surface area (Å²) in [5, 5.41) is 3.06. The van der Waals surface area contributed by atoms with Crippen molar-refractivity contribution in [3.63, 3.8) is 0 Å². The van der Waals surface area contributed by atoms with Crippen LogP contribution in [0.15, 0.2) is 78.9 Å². The van der Waals surface area contributed by atoms with E-state index in [0.717, 1.165) is 16.8 Å². The number of hydrogen-bond donors (Lipinski definition) is 1. The van der Waals surface area contributed by atoms with E-state index in [-0.39, 0.29) is 17.5 Å². The summed E-state index contributed by atoms with van der Waals surface area (Å²) in [5.41, 5.74) is 1.56. The van der Waals surface area contributed by atoms with Gasteiger partial charge in [-0.2, -0.15) is 0 Å². The Labute approximate surface area is 222 Å². The molecule has 3 aromatic rings. The van der Waals surface area contributed by atoms with Crippen LogP contribution in [0.4, 0.5) is 11.4 Å². The van der Waals surface area contributed by atoms with Crippen molar-refractivity contribution in [2.24, 2.45) is 11.3 Å². The predicted molar refractivity (Wildman–Crippen MR) is 148 cm³/mol. The summed E-state index contributed by atoms with van der Waals surface area (Å²) in [7, 11) is 1.61. The minimum atomic E-state index is -1.29. The largest absolute Gasteiger partial charge is 0.497 e. The number of nitrogens with one attached hydrogen (secondary N) is 1. The van der Waals surface area contributed by atoms with Crippen LogP contribution in [-0.2, 0) is 15.0 Å². The van der Waals surface area contributed by atoms with Gasteiger partial charge in [0.15, 0.2) is 11.6 Å². The Bertz CT molecular complexity index is 1500. The van der Waals surface area contributed by atoms with Crippen molar-refractivity contribution in [1.82, 2.24) is 0 Å². The zero-order valence-electron chi connectivity index (χ0n) is 21.9. The van der Waals surface area contributed by atoms with Gasteiger partial charge >= 0.3 is 0 Å². The van der Waals surface area contributed by atoms with Crippen LogP contribution in [0.3, 0.4) is 0 Å². The van der Waals surface area contributed by atoms with E-state index in [4.69, 9.17) is 4.74 Å². The van der Waals surface area contributed by atoms with Crippen molar-refractivity contribution >= 4 is 34.9 Å². The van der Waals surface area contributed by atoms with Crippen LogP contribution in [0.2, 0.25) is 0 Å². The molecule has 6 heteroatoms. The Kier molecular flexibility index (Phi) is 5.35. The number of carbonyl (C=O) groups excluding carboxylic acids is 3. The Morgan fingerprint density at radius 2 is 1.68 bits per heavy atom. The molecule has 1 saturated heterocycles. The average molecular weight is 507 g/mol. The summed E-state index contributed by atoms with van der Waals surface area (Å²) in [6, 6.07) is 20.8. The summed E-state index contributed by atoms with van der Waals surface area (Å²) in [6.07, 6.45) is 3.95. The first kappa shape index (κ1) is 24.2. The van der Waals surface area contributed by atoms with E-state index in [2.05, 4.69) is 5.32 Å². The third-order valence-electron chi connectivity index (χ3n) is 8.19. The number of amides is 1. The summed E-state index contributed by atoms with van der Waals surface area (Å²) in [4.78, 5) is 45.2. The first-order chi connectivity index (χ1) is 18.2. The predicted octanol–water partition coefficient (Wildman–Crippen LogP) is 5.28. The van der Waals surface area contributed by atoms with Crippen LogP contribution in [0, 0.1) is 11.3 Å². The summed E-state index contributed by atoms with van der Waals surface area (Å²) < 4.78 is 5.46. The van der Waals surface area contributed by atoms with Crippen molar-refractivity contribution in [2.75, 3.05) is 17.3 Å². The number of ketones is 2. The molecule has 0 aliphatic carbocycles. The second kappa shape index (κ2) is 8.42. The first-order valence-corrected chi connectivity index (χ1v) is 12.9. The molecule has 3 aliphatic rings. The van der Waals surface area contributed by atoms with Gasteiger partial charge in [0.1, 0.15) is 17.2 Å². The van der Waals surface area contributed by atoms with E-state index >= 15 is 0 Å². The van der Waals surface area contributed by atoms with Gasteiger partial charge in [-0.3, -0.25) is 14.4 Å². The molecular weight excluding hydrogens is 476 g/mol. The lowest BCUT2D eigenvalue weighted by atomic mass is 9.63. The zero-order valence-corrected chi connectivity index (χ0v) is 21.9. The molecule has 1 fully saturated rings. The van der Waals surface area contributed by atoms with Gasteiger partial charge in [-0.15, -0.1) is 0 Å². The molecule has 3 aliphatic heterocycles. The molecule has 0 saturated carbocycles. The van der Waals surface area contributed by atoms with Crippen molar-refractivity contribution in [3.8, 4) is 5.75 Å². The summed E-state index contributed by atoms with van der Waals surface area (Å²) in [5.74, 6) is -0.794. The maximum absolute atomic E-state index is 14.6. The summed E-state index contributed by atoms with van der Waals surface area (Å²) in [6.45, 7) is 5.62. The number of fused-ring (bicyclic) bond motifs is 6. The standard InChI is InChI=1S/C32H30N2O4/c1-31(2,3)29(36)27-26(28(35)19-10-6-5-7-11-19)32(22-12-8-9-13-23(22)33-30(32)37)25-17-14-20-18-21(38-4)15-16-24(20)34(25)27/h5-18,25-27H,1-4H3,(H,33,37)/t25-,26+,27-,32-/m0/s1. The molecule has 0 aromatic heterocycles. The number of Topliss-reactive ketones (excluding diaryl/α,β-unsaturated/α-hetero) is 2. The Hall–Kier alpha value is -4.19. The van der Waals surface area contributed by atoms with Crippen LogP contribution < -0.4 is 15.0 Å². The third kappa shape index (κ3) is 3.22. The van der Waals surface area contributed by atoms with E-state index in [1.54, 1.807) is 19.2 Å². The molecule has 6 nitrogen and oxygen atoms in total. The Balaban J connectivity index is 1.68. The van der Waals surface area contributed by atoms with Gasteiger partial charge in [0.2, 0.25) is 5.91 Å². The molecule has 1 spiro atoms. The molecule has 0 unspecified atom stereocenters. The number of carbonyl (C=O) groups is 3. The Morgan fingerprint density at radius 1 is 0.974 bits per heavy atom. The maximum atomic E-state index is 14.6. The first-order valence-electron chi connectivity index (χ1n) is 12.9. The molecular formula is C32H30N2O4. The highest BCUT2D eigenvalue weighted by atomic mass is 16.5. The lowest BCUT2D eigenvalue weighted by Gasteiger charge is -2.38. The van der Waals surface area contributed by atoms with E-state index < -0.39 is 28.8 Å². The van der Waals surface area contributed by atoms with Gasteiger partial charge in [-0.05, 0) is 29.8 Å². The van der Waals surface area contributed by atoms with Gasteiger partial charge in [-0.1, -0.05) is 81.5 Å². The van der Waals surface area contributed by atoms with E-state index in [9.17, 15) is 14.4 Å². The number of para-hydroxylation sites is 1. The van der Waals surface area contributed by atoms with Crippen molar-refractivity contribution < 1.29 is 19.1 Å². The summed E-state index contributed by atoms with van der Waals surface area (Å²) >= 11 is 0. The van der Waals surface area contributed by atoms with Crippen LogP contribution in [-0.4, -0.2) is 36.7 Å². The fraction of sp³-hybridized carbons (Fsp3) is 0.281. The van der Waals surface area contributed by atoms with Gasteiger partial charge in [0.05, 0.1) is 19.1 Å². The second-order valence-corrected chi connectivity index (χ2v) is 11.3. The van der Waals surface area contributed by atoms with E-state index in [0.29, 0.717) is 17.0 Å². The quantitative estimate of drug-likeness (QED) is 0.487. The topological polar surface area (TPSA) is 75.7 Å². The smallest absolute Gasteiger partial charge is 0.238 e. The van der Waals surface area contributed by atoms with Crippen LogP contribution in [0.5, 0.6) is 5.75 Å². The maximum Gasteiger partial charge on any atom is 0.238 e.